The lowest BCUT2D eigenvalue weighted by Gasteiger charge is -2.03. The van der Waals surface area contributed by atoms with Crippen LogP contribution in [0.2, 0.25) is 0 Å². The Bertz CT molecular complexity index is 832. The number of anilines is 1. The predicted octanol–water partition coefficient (Wildman–Crippen LogP) is 1.23. The first-order valence-electron chi connectivity index (χ1n) is 6.86. The lowest BCUT2D eigenvalue weighted by molar-refractivity contribution is -0.129. The van der Waals surface area contributed by atoms with Gasteiger partial charge >= 0.3 is 0 Å². The number of amides is 1. The van der Waals surface area contributed by atoms with Gasteiger partial charge in [0, 0.05) is 24.2 Å². The van der Waals surface area contributed by atoms with Crippen LogP contribution in [0.3, 0.4) is 0 Å². The number of nitrogens with one attached hydrogen (secondary N) is 1. The molecule has 0 bridgehead atoms. The van der Waals surface area contributed by atoms with E-state index in [0.29, 0.717) is 36.3 Å². The zero-order valence-corrected chi connectivity index (χ0v) is 12.0. The summed E-state index contributed by atoms with van der Waals surface area (Å²) < 4.78 is 6.27. The molecule has 0 aliphatic rings. The molecule has 116 valence electrons. The second-order valence-corrected chi connectivity index (χ2v) is 4.63. The van der Waals surface area contributed by atoms with Crippen molar-refractivity contribution in [1.82, 2.24) is 19.7 Å². The monoisotopic (exact) mass is 311 g/mol. The van der Waals surface area contributed by atoms with E-state index >= 15 is 0 Å². The minimum atomic E-state index is 0.175. The summed E-state index contributed by atoms with van der Waals surface area (Å²) in [4.78, 5) is 29.4. The molecular weight excluding hydrogens is 298 g/mol. The van der Waals surface area contributed by atoms with Gasteiger partial charge in [0.15, 0.2) is 11.5 Å². The van der Waals surface area contributed by atoms with E-state index in [9.17, 15) is 9.59 Å². The van der Waals surface area contributed by atoms with Crippen molar-refractivity contribution in [1.29, 1.82) is 0 Å². The van der Waals surface area contributed by atoms with Crippen LogP contribution in [0.15, 0.2) is 36.8 Å². The Morgan fingerprint density at radius 2 is 2.04 bits per heavy atom. The van der Waals surface area contributed by atoms with Crippen LogP contribution >= 0.6 is 0 Å². The minimum Gasteiger partial charge on any atom is -0.466 e. The van der Waals surface area contributed by atoms with Crippen molar-refractivity contribution in [2.24, 2.45) is 0 Å². The average molecular weight is 311 g/mol. The molecular formula is C15H13N5O3. The van der Waals surface area contributed by atoms with Crippen LogP contribution < -0.4 is 5.32 Å². The highest BCUT2D eigenvalue weighted by Crippen LogP contribution is 2.26. The van der Waals surface area contributed by atoms with Crippen molar-refractivity contribution in [2.75, 3.05) is 11.9 Å². The first kappa shape index (κ1) is 14.6. The topological polar surface area (TPSA) is 99.0 Å². The van der Waals surface area contributed by atoms with Crippen LogP contribution in [0.5, 0.6) is 0 Å². The first-order valence-corrected chi connectivity index (χ1v) is 6.86. The van der Waals surface area contributed by atoms with Crippen molar-refractivity contribution in [2.45, 2.75) is 6.54 Å². The fourth-order valence-corrected chi connectivity index (χ4v) is 2.27. The fraction of sp³-hybridized carbons (Fsp3) is 0.133. The number of nitrogens with zero attached hydrogens (tertiary/aromatic N) is 4. The van der Waals surface area contributed by atoms with Gasteiger partial charge in [0.25, 0.3) is 6.47 Å². The normalized spacial score (nSPS) is 10.4. The number of aromatic nitrogens is 4. The molecule has 0 spiro atoms. The van der Waals surface area contributed by atoms with Crippen molar-refractivity contribution in [3.63, 3.8) is 0 Å². The van der Waals surface area contributed by atoms with Crippen LogP contribution in [-0.4, -0.2) is 39.2 Å². The third-order valence-electron chi connectivity index (χ3n) is 3.29. The van der Waals surface area contributed by atoms with E-state index in [2.05, 4.69) is 25.1 Å². The SMILES string of the molecule is O=CNc1nn(CCOC=O)c2ncc(-c3ccncc3)cc12. The molecule has 1 N–H and O–H groups in total. The number of ether oxygens (including phenoxy) is 1. The molecule has 3 rings (SSSR count). The molecule has 0 unspecified atom stereocenters. The fourth-order valence-electron chi connectivity index (χ4n) is 2.27. The molecule has 3 aromatic rings. The van der Waals surface area contributed by atoms with Crippen LogP contribution in [0.25, 0.3) is 22.2 Å². The zero-order valence-electron chi connectivity index (χ0n) is 12.0. The molecule has 0 aliphatic heterocycles. The molecule has 0 fully saturated rings. The van der Waals surface area contributed by atoms with Crippen LogP contribution in [0.1, 0.15) is 0 Å². The van der Waals surface area contributed by atoms with Gasteiger partial charge in [0.1, 0.15) is 6.61 Å². The number of rotatable bonds is 7. The highest BCUT2D eigenvalue weighted by Gasteiger charge is 2.13. The highest BCUT2D eigenvalue weighted by molar-refractivity contribution is 5.94. The molecule has 1 amide bonds. The average Bonchev–Trinajstić information content (AvgIpc) is 2.94. The summed E-state index contributed by atoms with van der Waals surface area (Å²) in [6.07, 6.45) is 5.68. The summed E-state index contributed by atoms with van der Waals surface area (Å²) >= 11 is 0. The van der Waals surface area contributed by atoms with Crippen LogP contribution in [0, 0.1) is 0 Å². The molecule has 0 saturated heterocycles. The van der Waals surface area contributed by atoms with E-state index in [0.717, 1.165) is 11.1 Å². The van der Waals surface area contributed by atoms with Gasteiger partial charge in [-0.25, -0.2) is 9.67 Å². The van der Waals surface area contributed by atoms with Crippen molar-refractivity contribution < 1.29 is 14.3 Å². The van der Waals surface area contributed by atoms with Gasteiger partial charge in [-0.2, -0.15) is 5.10 Å². The number of fused-ring (bicyclic) bond motifs is 1. The van der Waals surface area contributed by atoms with E-state index in [1.54, 1.807) is 23.3 Å². The summed E-state index contributed by atoms with van der Waals surface area (Å²) in [6.45, 7) is 0.900. The molecule has 8 heteroatoms. The zero-order chi connectivity index (χ0) is 16.1. The molecule has 0 aliphatic carbocycles. The summed E-state index contributed by atoms with van der Waals surface area (Å²) in [6, 6.07) is 5.64. The molecule has 0 atom stereocenters. The summed E-state index contributed by atoms with van der Waals surface area (Å²) in [5.41, 5.74) is 2.45. The van der Waals surface area contributed by atoms with Gasteiger partial charge in [-0.15, -0.1) is 0 Å². The highest BCUT2D eigenvalue weighted by atomic mass is 16.5. The summed E-state index contributed by atoms with van der Waals surface area (Å²) in [7, 11) is 0. The van der Waals surface area contributed by atoms with E-state index in [-0.39, 0.29) is 6.61 Å². The minimum absolute atomic E-state index is 0.175. The molecule has 3 heterocycles. The van der Waals surface area contributed by atoms with Crippen molar-refractivity contribution >= 4 is 29.7 Å². The Hall–Kier alpha value is -3.29. The third-order valence-corrected chi connectivity index (χ3v) is 3.29. The predicted molar refractivity (Wildman–Crippen MR) is 82.5 cm³/mol. The summed E-state index contributed by atoms with van der Waals surface area (Å²) in [5.74, 6) is 0.407. The largest absolute Gasteiger partial charge is 0.466 e. The van der Waals surface area contributed by atoms with Gasteiger partial charge in [0.2, 0.25) is 6.41 Å². The number of carbonyl (C=O) groups is 2. The molecule has 23 heavy (non-hydrogen) atoms. The van der Waals surface area contributed by atoms with Crippen molar-refractivity contribution in [3.05, 3.63) is 36.8 Å². The second kappa shape index (κ2) is 6.65. The van der Waals surface area contributed by atoms with Crippen molar-refractivity contribution in [3.8, 4) is 11.1 Å². The van der Waals surface area contributed by atoms with E-state index in [4.69, 9.17) is 0 Å². The van der Waals surface area contributed by atoms with E-state index < -0.39 is 0 Å². The molecule has 0 radical (unpaired) electrons. The smallest absolute Gasteiger partial charge is 0.293 e. The third kappa shape index (κ3) is 3.00. The molecule has 8 nitrogen and oxygen atoms in total. The van der Waals surface area contributed by atoms with Gasteiger partial charge in [0.05, 0.1) is 11.9 Å². The van der Waals surface area contributed by atoms with Gasteiger partial charge in [-0.1, -0.05) is 0 Å². The van der Waals surface area contributed by atoms with E-state index in [1.165, 1.54) is 0 Å². The Labute approximate surface area is 131 Å². The standard InChI is InChI=1S/C15H13N5O3/c21-9-18-14-13-7-12(11-1-3-16-4-2-11)8-17-15(13)20(19-14)5-6-23-10-22/h1-4,7-10H,5-6H2,(H,18,19,21). The second-order valence-electron chi connectivity index (χ2n) is 4.63. The van der Waals surface area contributed by atoms with E-state index in [1.807, 2.05) is 18.2 Å². The Kier molecular flexibility index (Phi) is 4.23. The van der Waals surface area contributed by atoms with Gasteiger partial charge in [-0.05, 0) is 23.8 Å². The Morgan fingerprint density at radius 3 is 2.78 bits per heavy atom. The van der Waals surface area contributed by atoms with Crippen LogP contribution in [-0.2, 0) is 20.9 Å². The quantitative estimate of drug-likeness (QED) is 0.520. The maximum atomic E-state index is 10.8. The van der Waals surface area contributed by atoms with Crippen LogP contribution in [0.4, 0.5) is 5.82 Å². The lowest BCUT2D eigenvalue weighted by Crippen LogP contribution is -2.07. The maximum Gasteiger partial charge on any atom is 0.293 e. The number of hydrogen-bond acceptors (Lipinski definition) is 6. The number of carbonyl (C=O) groups excluding carboxylic acids is 2. The molecule has 3 aromatic heterocycles. The summed E-state index contributed by atoms with van der Waals surface area (Å²) in [5, 5.41) is 7.56. The number of pyridine rings is 2. The molecule has 0 saturated carbocycles. The lowest BCUT2D eigenvalue weighted by atomic mass is 10.1. The maximum absolute atomic E-state index is 10.8. The molecule has 0 aromatic carbocycles. The Morgan fingerprint density at radius 1 is 1.22 bits per heavy atom. The van der Waals surface area contributed by atoms with Gasteiger partial charge < -0.3 is 10.1 Å². The Balaban J connectivity index is 2.04. The first-order chi connectivity index (χ1) is 11.3. The number of hydrogen-bond donors (Lipinski definition) is 1. The van der Waals surface area contributed by atoms with Gasteiger partial charge in [-0.3, -0.25) is 14.6 Å².